The molecule has 2 aliphatic rings. The van der Waals surface area contributed by atoms with Crippen molar-refractivity contribution in [3.05, 3.63) is 94.6 Å². The van der Waals surface area contributed by atoms with E-state index in [1.54, 1.807) is 24.3 Å². The third kappa shape index (κ3) is 3.43. The molecule has 182 valence electrons. The molecule has 36 heavy (non-hydrogen) atoms. The Bertz CT molecular complexity index is 1520. The molecule has 1 fully saturated rings. The van der Waals surface area contributed by atoms with Crippen molar-refractivity contribution in [1.82, 2.24) is 9.97 Å². The second kappa shape index (κ2) is 8.08. The molecule has 1 aliphatic carbocycles. The van der Waals surface area contributed by atoms with Gasteiger partial charge in [-0.1, -0.05) is 54.1 Å². The zero-order chi connectivity index (χ0) is 25.1. The summed E-state index contributed by atoms with van der Waals surface area (Å²) in [7, 11) is 0. The van der Waals surface area contributed by atoms with Crippen molar-refractivity contribution in [2.75, 3.05) is 0 Å². The SMILES string of the molecule is CC1(C)CC[C@@]2(O)c3nc4ccccc4nc3-c3ccccc3[C@]2(OOC(=O)c2cccc(Cl)c2)O1. The summed E-state index contributed by atoms with van der Waals surface area (Å²) < 4.78 is 6.53. The molecule has 7 nitrogen and oxygen atoms in total. The summed E-state index contributed by atoms with van der Waals surface area (Å²) >= 11 is 6.05. The van der Waals surface area contributed by atoms with Gasteiger partial charge in [0.15, 0.2) is 5.60 Å². The van der Waals surface area contributed by atoms with Crippen LogP contribution in [0.1, 0.15) is 48.3 Å². The number of para-hydroxylation sites is 2. The highest BCUT2D eigenvalue weighted by Crippen LogP contribution is 2.59. The summed E-state index contributed by atoms with van der Waals surface area (Å²) in [6.07, 6.45) is 0.746. The molecule has 2 heterocycles. The molecule has 0 saturated carbocycles. The first-order valence-corrected chi connectivity index (χ1v) is 12.1. The molecule has 0 amide bonds. The molecular weight excluding hydrogens is 480 g/mol. The monoisotopic (exact) mass is 502 g/mol. The molecule has 0 spiro atoms. The molecule has 8 heteroatoms. The van der Waals surface area contributed by atoms with Gasteiger partial charge < -0.3 is 9.84 Å². The Kier molecular flexibility index (Phi) is 5.18. The summed E-state index contributed by atoms with van der Waals surface area (Å²) in [6, 6.07) is 21.1. The van der Waals surface area contributed by atoms with E-state index >= 15 is 0 Å². The molecule has 1 aromatic heterocycles. The summed E-state index contributed by atoms with van der Waals surface area (Å²) in [6.45, 7) is 3.81. The van der Waals surface area contributed by atoms with Crippen molar-refractivity contribution in [2.45, 2.75) is 43.7 Å². The number of halogens is 1. The van der Waals surface area contributed by atoms with Gasteiger partial charge in [-0.3, -0.25) is 4.89 Å². The molecule has 1 aliphatic heterocycles. The van der Waals surface area contributed by atoms with E-state index in [1.165, 1.54) is 6.07 Å². The van der Waals surface area contributed by atoms with Crippen molar-refractivity contribution < 1.29 is 24.4 Å². The topological polar surface area (TPSA) is 90.8 Å². The fourth-order valence-corrected chi connectivity index (χ4v) is 5.26. The van der Waals surface area contributed by atoms with Crippen molar-refractivity contribution in [3.63, 3.8) is 0 Å². The minimum atomic E-state index is -1.89. The van der Waals surface area contributed by atoms with Gasteiger partial charge in [0.25, 0.3) is 5.79 Å². The predicted molar refractivity (Wildman–Crippen MR) is 133 cm³/mol. The zero-order valence-corrected chi connectivity index (χ0v) is 20.5. The summed E-state index contributed by atoms with van der Waals surface area (Å²) in [5.41, 5.74) is 1.05. The van der Waals surface area contributed by atoms with Gasteiger partial charge in [0.2, 0.25) is 0 Å². The van der Waals surface area contributed by atoms with Gasteiger partial charge in [-0.25, -0.2) is 14.8 Å². The number of hydrogen-bond donors (Lipinski definition) is 1. The Morgan fingerprint density at radius 3 is 2.47 bits per heavy atom. The van der Waals surface area contributed by atoms with E-state index in [0.29, 0.717) is 45.0 Å². The molecule has 6 rings (SSSR count). The second-order valence-electron chi connectivity index (χ2n) is 9.76. The fourth-order valence-electron chi connectivity index (χ4n) is 5.07. The average Bonchev–Trinajstić information content (AvgIpc) is 2.88. The van der Waals surface area contributed by atoms with Crippen LogP contribution in [0.5, 0.6) is 0 Å². The number of aliphatic hydroxyl groups is 1. The summed E-state index contributed by atoms with van der Waals surface area (Å²) in [5, 5.41) is 12.8. The molecule has 3 aromatic carbocycles. The molecule has 0 bridgehead atoms. The van der Waals surface area contributed by atoms with E-state index in [2.05, 4.69) is 0 Å². The number of carbonyl (C=O) groups is 1. The molecule has 2 atom stereocenters. The van der Waals surface area contributed by atoms with Gasteiger partial charge >= 0.3 is 5.97 Å². The maximum absolute atomic E-state index is 12.9. The number of fused-ring (bicyclic) bond motifs is 7. The molecule has 4 aromatic rings. The van der Waals surface area contributed by atoms with Gasteiger partial charge in [-0.05, 0) is 57.0 Å². The summed E-state index contributed by atoms with van der Waals surface area (Å²) in [5.74, 6) is -2.65. The van der Waals surface area contributed by atoms with Crippen LogP contribution in [0.4, 0.5) is 0 Å². The van der Waals surface area contributed by atoms with Crippen LogP contribution < -0.4 is 0 Å². The van der Waals surface area contributed by atoms with Gasteiger partial charge in [0.1, 0.15) is 5.69 Å². The fraction of sp³-hybridized carbons (Fsp3) is 0.250. The molecule has 1 N–H and O–H groups in total. The van der Waals surface area contributed by atoms with Gasteiger partial charge in [-0.15, -0.1) is 4.89 Å². The maximum Gasteiger partial charge on any atom is 0.373 e. The third-order valence-corrected chi connectivity index (χ3v) is 7.08. The highest BCUT2D eigenvalue weighted by atomic mass is 35.5. The zero-order valence-electron chi connectivity index (χ0n) is 19.7. The Hall–Kier alpha value is -3.36. The Labute approximate surface area is 212 Å². The van der Waals surface area contributed by atoms with Crippen LogP contribution >= 0.6 is 11.6 Å². The third-order valence-electron chi connectivity index (χ3n) is 6.85. The van der Waals surface area contributed by atoms with Crippen LogP contribution in [-0.2, 0) is 25.9 Å². The smallest absolute Gasteiger partial charge is 0.373 e. The summed E-state index contributed by atoms with van der Waals surface area (Å²) in [4.78, 5) is 33.9. The molecule has 1 saturated heterocycles. The van der Waals surface area contributed by atoms with Gasteiger partial charge in [-0.2, -0.15) is 0 Å². The number of hydrogen-bond acceptors (Lipinski definition) is 7. The first-order chi connectivity index (χ1) is 17.2. The van der Waals surface area contributed by atoms with Crippen LogP contribution in [0, 0.1) is 0 Å². The van der Waals surface area contributed by atoms with Crippen LogP contribution in [0.2, 0.25) is 5.02 Å². The second-order valence-corrected chi connectivity index (χ2v) is 10.2. The van der Waals surface area contributed by atoms with Gasteiger partial charge in [0, 0.05) is 16.1 Å². The normalized spacial score (nSPS) is 23.9. The lowest BCUT2D eigenvalue weighted by Crippen LogP contribution is -2.62. The standard InChI is InChI=1S/C28H23ClN2O5/c1-26(2)14-15-27(33)24-23(30-21-12-5-6-13-22(21)31-24)19-10-3-4-11-20(19)28(27,35-26)36-34-25(32)17-8-7-9-18(29)16-17/h3-13,16,33H,14-15H2,1-2H3/t27-,28-/m1/s1. The van der Waals surface area contributed by atoms with Crippen LogP contribution in [0.15, 0.2) is 72.8 Å². The highest BCUT2D eigenvalue weighted by Gasteiger charge is 2.67. The van der Waals surface area contributed by atoms with Crippen molar-refractivity contribution in [3.8, 4) is 11.3 Å². The molecular formula is C28H23ClN2O5. The van der Waals surface area contributed by atoms with E-state index in [4.69, 9.17) is 36.1 Å². The van der Waals surface area contributed by atoms with Gasteiger partial charge in [0.05, 0.1) is 27.9 Å². The van der Waals surface area contributed by atoms with Crippen molar-refractivity contribution in [1.29, 1.82) is 0 Å². The Morgan fingerprint density at radius 1 is 0.972 bits per heavy atom. The van der Waals surface area contributed by atoms with E-state index in [9.17, 15) is 9.90 Å². The van der Waals surface area contributed by atoms with E-state index in [-0.39, 0.29) is 12.0 Å². The van der Waals surface area contributed by atoms with Crippen molar-refractivity contribution >= 4 is 28.6 Å². The number of aromatic nitrogens is 2. The highest BCUT2D eigenvalue weighted by molar-refractivity contribution is 6.30. The van der Waals surface area contributed by atoms with E-state index in [0.717, 1.165) is 0 Å². The van der Waals surface area contributed by atoms with Crippen LogP contribution in [0.25, 0.3) is 22.3 Å². The number of rotatable bonds is 3. The van der Waals surface area contributed by atoms with Crippen LogP contribution in [-0.4, -0.2) is 26.6 Å². The lowest BCUT2D eigenvalue weighted by molar-refractivity contribution is -0.485. The number of nitrogens with zero attached hydrogens (tertiary/aromatic N) is 2. The lowest BCUT2D eigenvalue weighted by Gasteiger charge is -2.54. The lowest BCUT2D eigenvalue weighted by atomic mass is 9.69. The van der Waals surface area contributed by atoms with Crippen molar-refractivity contribution in [2.24, 2.45) is 0 Å². The van der Waals surface area contributed by atoms with E-state index < -0.39 is 23.0 Å². The number of benzene rings is 3. The van der Waals surface area contributed by atoms with E-state index in [1.807, 2.05) is 56.3 Å². The molecule has 0 radical (unpaired) electrons. The minimum absolute atomic E-state index is 0.202. The average molecular weight is 503 g/mol. The first kappa shape index (κ1) is 23.1. The Balaban J connectivity index is 1.54. The minimum Gasteiger partial charge on any atom is -0.377 e. The number of ether oxygens (including phenoxy) is 1. The maximum atomic E-state index is 12.9. The molecule has 0 unspecified atom stereocenters. The largest absolute Gasteiger partial charge is 0.377 e. The quantitative estimate of drug-likeness (QED) is 0.284. The van der Waals surface area contributed by atoms with Crippen LogP contribution in [0.3, 0.4) is 0 Å². The first-order valence-electron chi connectivity index (χ1n) is 11.7. The number of carbonyl (C=O) groups excluding carboxylic acids is 1. The predicted octanol–water partition coefficient (Wildman–Crippen LogP) is 5.68. The Morgan fingerprint density at radius 2 is 1.69 bits per heavy atom.